The van der Waals surface area contributed by atoms with E-state index >= 15 is 0 Å². The SMILES string of the molecule is CCOc1ccc(NC(=O)c2ccc(COc3ccc(C(C)(C)c4ccccc4)cc3)o2)c([N+](=O)[O-])c1. The number of benzene rings is 3. The Balaban J connectivity index is 1.38. The zero-order chi connectivity index (χ0) is 26.4. The summed E-state index contributed by atoms with van der Waals surface area (Å²) in [6.45, 7) is 6.63. The summed E-state index contributed by atoms with van der Waals surface area (Å²) in [6.07, 6.45) is 0. The van der Waals surface area contributed by atoms with Crippen molar-refractivity contribution in [2.75, 3.05) is 11.9 Å². The number of rotatable bonds is 10. The van der Waals surface area contributed by atoms with Crippen molar-refractivity contribution in [1.29, 1.82) is 0 Å². The smallest absolute Gasteiger partial charge is 0.296 e. The maximum absolute atomic E-state index is 12.6. The molecule has 0 saturated heterocycles. The van der Waals surface area contributed by atoms with E-state index in [1.54, 1.807) is 19.1 Å². The highest BCUT2D eigenvalue weighted by atomic mass is 16.6. The first-order valence-corrected chi connectivity index (χ1v) is 11.9. The van der Waals surface area contributed by atoms with E-state index in [-0.39, 0.29) is 29.2 Å². The van der Waals surface area contributed by atoms with Gasteiger partial charge in [-0.2, -0.15) is 0 Å². The van der Waals surface area contributed by atoms with Crippen LogP contribution in [0.4, 0.5) is 11.4 Å². The zero-order valence-electron chi connectivity index (χ0n) is 20.9. The highest BCUT2D eigenvalue weighted by Gasteiger charge is 2.23. The number of nitrogens with zero attached hydrogens (tertiary/aromatic N) is 1. The predicted octanol–water partition coefficient (Wildman–Crippen LogP) is 6.74. The van der Waals surface area contributed by atoms with Gasteiger partial charge in [0.2, 0.25) is 0 Å². The Kier molecular flexibility index (Phi) is 7.57. The number of ether oxygens (including phenoxy) is 2. The van der Waals surface area contributed by atoms with Crippen LogP contribution in [0.5, 0.6) is 11.5 Å². The highest BCUT2D eigenvalue weighted by Crippen LogP contribution is 2.32. The van der Waals surface area contributed by atoms with Gasteiger partial charge in [0.1, 0.15) is 29.6 Å². The van der Waals surface area contributed by atoms with E-state index in [9.17, 15) is 14.9 Å². The number of furan rings is 1. The van der Waals surface area contributed by atoms with Gasteiger partial charge < -0.3 is 19.2 Å². The van der Waals surface area contributed by atoms with Crippen LogP contribution < -0.4 is 14.8 Å². The Labute approximate surface area is 215 Å². The summed E-state index contributed by atoms with van der Waals surface area (Å²) in [5, 5.41) is 14.0. The van der Waals surface area contributed by atoms with Crippen molar-refractivity contribution in [2.24, 2.45) is 0 Å². The Morgan fingerprint density at radius 3 is 2.27 bits per heavy atom. The Morgan fingerprint density at radius 1 is 0.919 bits per heavy atom. The molecule has 4 rings (SSSR count). The lowest BCUT2D eigenvalue weighted by Crippen LogP contribution is -2.18. The molecule has 190 valence electrons. The Morgan fingerprint density at radius 2 is 1.59 bits per heavy atom. The number of hydrogen-bond donors (Lipinski definition) is 1. The molecule has 1 amide bonds. The minimum atomic E-state index is -0.606. The second-order valence-electron chi connectivity index (χ2n) is 8.89. The number of nitro benzene ring substituents is 1. The molecule has 0 fully saturated rings. The number of nitro groups is 1. The van der Waals surface area contributed by atoms with Crippen LogP contribution in [0.25, 0.3) is 0 Å². The van der Waals surface area contributed by atoms with Crippen LogP contribution in [0.1, 0.15) is 48.2 Å². The quantitative estimate of drug-likeness (QED) is 0.191. The average molecular weight is 501 g/mol. The van der Waals surface area contributed by atoms with Crippen molar-refractivity contribution in [2.45, 2.75) is 32.8 Å². The van der Waals surface area contributed by atoms with Crippen LogP contribution >= 0.6 is 0 Å². The van der Waals surface area contributed by atoms with Crippen LogP contribution in [0.15, 0.2) is 89.3 Å². The van der Waals surface area contributed by atoms with Crippen molar-refractivity contribution in [1.82, 2.24) is 0 Å². The van der Waals surface area contributed by atoms with E-state index < -0.39 is 10.8 Å². The van der Waals surface area contributed by atoms with Crippen LogP contribution in [0.3, 0.4) is 0 Å². The molecule has 0 bridgehead atoms. The second-order valence-corrected chi connectivity index (χ2v) is 8.89. The molecule has 0 aliphatic rings. The van der Waals surface area contributed by atoms with Crippen LogP contribution in [0, 0.1) is 10.1 Å². The first-order valence-electron chi connectivity index (χ1n) is 11.9. The van der Waals surface area contributed by atoms with Gasteiger partial charge >= 0.3 is 0 Å². The van der Waals surface area contributed by atoms with E-state index in [4.69, 9.17) is 13.9 Å². The standard InChI is InChI=1S/C29H28N2O6/c1-4-35-23-14-16-25(26(18-23)31(33)34)30-28(32)27-17-15-24(37-27)19-36-22-12-10-21(11-13-22)29(2,3)20-8-6-5-7-9-20/h5-18H,4,19H2,1-3H3,(H,30,32). The zero-order valence-corrected chi connectivity index (χ0v) is 20.9. The van der Waals surface area contributed by atoms with Gasteiger partial charge in [-0.15, -0.1) is 0 Å². The number of amides is 1. The van der Waals surface area contributed by atoms with Gasteiger partial charge in [-0.25, -0.2) is 0 Å². The topological polar surface area (TPSA) is 104 Å². The molecule has 8 nitrogen and oxygen atoms in total. The summed E-state index contributed by atoms with van der Waals surface area (Å²) in [5.74, 6) is 0.870. The number of carbonyl (C=O) groups excluding carboxylic acids is 1. The van der Waals surface area contributed by atoms with Crippen molar-refractivity contribution in [3.05, 3.63) is 118 Å². The average Bonchev–Trinajstić information content (AvgIpc) is 3.38. The molecule has 0 unspecified atom stereocenters. The number of hydrogen-bond acceptors (Lipinski definition) is 6. The van der Waals surface area contributed by atoms with E-state index in [0.717, 1.165) is 5.56 Å². The maximum Gasteiger partial charge on any atom is 0.296 e. The second kappa shape index (κ2) is 11.0. The number of carbonyl (C=O) groups is 1. The summed E-state index contributed by atoms with van der Waals surface area (Å²) >= 11 is 0. The molecular weight excluding hydrogens is 472 g/mol. The van der Waals surface area contributed by atoms with Crippen LogP contribution in [0.2, 0.25) is 0 Å². The molecule has 8 heteroatoms. The molecule has 0 saturated carbocycles. The van der Waals surface area contributed by atoms with Gasteiger partial charge in [0.05, 0.1) is 17.6 Å². The van der Waals surface area contributed by atoms with Gasteiger partial charge in [0.15, 0.2) is 5.76 Å². The predicted molar refractivity (Wildman–Crippen MR) is 140 cm³/mol. The Bertz CT molecular complexity index is 1380. The van der Waals surface area contributed by atoms with Gasteiger partial charge in [0.25, 0.3) is 11.6 Å². The summed E-state index contributed by atoms with van der Waals surface area (Å²) in [5.41, 5.74) is 2.01. The molecule has 0 aliphatic heterocycles. The van der Waals surface area contributed by atoms with E-state index in [2.05, 4.69) is 31.3 Å². The summed E-state index contributed by atoms with van der Waals surface area (Å²) in [6, 6.07) is 25.6. The number of nitrogens with one attached hydrogen (secondary N) is 1. The Hall–Kier alpha value is -4.59. The van der Waals surface area contributed by atoms with Crippen molar-refractivity contribution in [3.63, 3.8) is 0 Å². The van der Waals surface area contributed by atoms with Gasteiger partial charge in [-0.1, -0.05) is 56.3 Å². The largest absolute Gasteiger partial charge is 0.494 e. The van der Waals surface area contributed by atoms with Crippen LogP contribution in [-0.4, -0.2) is 17.4 Å². The third-order valence-corrected chi connectivity index (χ3v) is 6.06. The molecule has 0 spiro atoms. The van der Waals surface area contributed by atoms with Crippen molar-refractivity contribution in [3.8, 4) is 11.5 Å². The van der Waals surface area contributed by atoms with E-state index in [0.29, 0.717) is 23.9 Å². The first kappa shape index (κ1) is 25.5. The summed E-state index contributed by atoms with van der Waals surface area (Å²) in [7, 11) is 0. The lowest BCUT2D eigenvalue weighted by Gasteiger charge is -2.26. The van der Waals surface area contributed by atoms with E-state index in [1.165, 1.54) is 23.8 Å². The fraction of sp³-hybridized carbons (Fsp3) is 0.207. The molecular formula is C29H28N2O6. The first-order chi connectivity index (χ1) is 17.8. The van der Waals surface area contributed by atoms with E-state index in [1.807, 2.05) is 42.5 Å². The van der Waals surface area contributed by atoms with Gasteiger partial charge in [0, 0.05) is 5.41 Å². The monoisotopic (exact) mass is 500 g/mol. The molecule has 0 radical (unpaired) electrons. The molecule has 37 heavy (non-hydrogen) atoms. The van der Waals surface area contributed by atoms with Gasteiger partial charge in [-0.05, 0) is 54.4 Å². The third-order valence-electron chi connectivity index (χ3n) is 6.06. The lowest BCUT2D eigenvalue weighted by atomic mass is 9.78. The minimum absolute atomic E-state index is 0.0155. The summed E-state index contributed by atoms with van der Waals surface area (Å²) in [4.78, 5) is 23.5. The fourth-order valence-electron chi connectivity index (χ4n) is 3.93. The lowest BCUT2D eigenvalue weighted by molar-refractivity contribution is -0.384. The fourth-order valence-corrected chi connectivity index (χ4v) is 3.93. The molecule has 0 aliphatic carbocycles. The van der Waals surface area contributed by atoms with Crippen LogP contribution in [-0.2, 0) is 12.0 Å². The minimum Gasteiger partial charge on any atom is -0.494 e. The molecule has 1 aromatic heterocycles. The summed E-state index contributed by atoms with van der Waals surface area (Å²) < 4.78 is 16.7. The normalized spacial score (nSPS) is 11.1. The molecule has 3 aromatic carbocycles. The molecule has 0 atom stereocenters. The van der Waals surface area contributed by atoms with Gasteiger partial charge in [-0.3, -0.25) is 14.9 Å². The van der Waals surface area contributed by atoms with Crippen molar-refractivity contribution < 1.29 is 23.6 Å². The molecule has 4 aromatic rings. The van der Waals surface area contributed by atoms with Crippen molar-refractivity contribution >= 4 is 17.3 Å². The number of anilines is 1. The maximum atomic E-state index is 12.6. The molecule has 1 heterocycles. The third kappa shape index (κ3) is 5.98. The highest BCUT2D eigenvalue weighted by molar-refractivity contribution is 6.03. The molecule has 1 N–H and O–H groups in total.